The minimum atomic E-state index is 0. The lowest BCUT2D eigenvalue weighted by Crippen LogP contribution is -2.45. The van der Waals surface area contributed by atoms with E-state index in [0.717, 1.165) is 38.1 Å². The number of thioether (sulfide) groups is 1. The van der Waals surface area contributed by atoms with Crippen LogP contribution < -0.4 is 5.73 Å². The first-order valence-electron chi connectivity index (χ1n) is 6.34. The highest BCUT2D eigenvalue weighted by Gasteiger charge is 2.31. The second-order valence-corrected chi connectivity index (χ2v) is 6.33. The number of nitrogens with two attached hydrogens (primary N) is 1. The first-order chi connectivity index (χ1) is 7.68. The van der Waals surface area contributed by atoms with Gasteiger partial charge in [-0.3, -0.25) is 4.79 Å². The predicted molar refractivity (Wildman–Crippen MR) is 75.7 cm³/mol. The summed E-state index contributed by atoms with van der Waals surface area (Å²) >= 11 is 1.84. The normalized spacial score (nSPS) is 27.6. The Labute approximate surface area is 114 Å². The van der Waals surface area contributed by atoms with Crippen LogP contribution in [0.3, 0.4) is 0 Å². The molecular formula is C12H23ClN2OS. The third kappa shape index (κ3) is 3.76. The molecule has 2 rings (SSSR count). The van der Waals surface area contributed by atoms with Crippen molar-refractivity contribution in [3.05, 3.63) is 0 Å². The molecule has 2 atom stereocenters. The van der Waals surface area contributed by atoms with Crippen molar-refractivity contribution in [2.75, 3.05) is 18.8 Å². The molecule has 0 aromatic heterocycles. The molecule has 1 amide bonds. The van der Waals surface area contributed by atoms with Crippen LogP contribution >= 0.6 is 24.2 Å². The van der Waals surface area contributed by atoms with Crippen LogP contribution in [0.2, 0.25) is 0 Å². The fourth-order valence-corrected chi connectivity index (χ4v) is 3.86. The molecule has 2 aliphatic heterocycles. The van der Waals surface area contributed by atoms with E-state index >= 15 is 0 Å². The van der Waals surface area contributed by atoms with E-state index < -0.39 is 0 Å². The molecule has 17 heavy (non-hydrogen) atoms. The first kappa shape index (κ1) is 15.1. The van der Waals surface area contributed by atoms with Crippen molar-refractivity contribution in [2.45, 2.75) is 43.9 Å². The summed E-state index contributed by atoms with van der Waals surface area (Å²) in [4.78, 5) is 14.2. The molecule has 0 aromatic rings. The van der Waals surface area contributed by atoms with Gasteiger partial charge in [0.15, 0.2) is 0 Å². The van der Waals surface area contributed by atoms with Crippen LogP contribution in [0.25, 0.3) is 0 Å². The van der Waals surface area contributed by atoms with E-state index in [9.17, 15) is 4.79 Å². The van der Waals surface area contributed by atoms with E-state index in [2.05, 4.69) is 11.8 Å². The third-order valence-corrected chi connectivity index (χ3v) is 5.16. The smallest absolute Gasteiger partial charge is 0.235 e. The Morgan fingerprint density at radius 1 is 1.35 bits per heavy atom. The zero-order valence-corrected chi connectivity index (χ0v) is 12.1. The van der Waals surface area contributed by atoms with Gasteiger partial charge in [0.1, 0.15) is 0 Å². The monoisotopic (exact) mass is 278 g/mol. The highest BCUT2D eigenvalue weighted by atomic mass is 35.5. The number of halogens is 1. The van der Waals surface area contributed by atoms with Crippen LogP contribution in [0.4, 0.5) is 0 Å². The lowest BCUT2D eigenvalue weighted by molar-refractivity contribution is -0.132. The zero-order chi connectivity index (χ0) is 11.5. The van der Waals surface area contributed by atoms with E-state index in [1.807, 2.05) is 11.8 Å². The largest absolute Gasteiger partial charge is 0.342 e. The Hall–Kier alpha value is 0.0700. The summed E-state index contributed by atoms with van der Waals surface area (Å²) in [7, 11) is 0. The number of hydrogen-bond acceptors (Lipinski definition) is 3. The van der Waals surface area contributed by atoms with Gasteiger partial charge in [-0.15, -0.1) is 24.2 Å². The molecule has 2 fully saturated rings. The van der Waals surface area contributed by atoms with Crippen LogP contribution in [0.1, 0.15) is 32.6 Å². The highest BCUT2D eigenvalue weighted by molar-refractivity contribution is 8.00. The molecule has 0 aromatic carbocycles. The van der Waals surface area contributed by atoms with E-state index in [1.54, 1.807) is 0 Å². The topological polar surface area (TPSA) is 46.3 Å². The van der Waals surface area contributed by atoms with Crippen molar-refractivity contribution in [1.29, 1.82) is 0 Å². The number of carbonyl (C=O) groups is 1. The molecule has 0 saturated carbocycles. The molecule has 2 saturated heterocycles. The van der Waals surface area contributed by atoms with Gasteiger partial charge in [-0.2, -0.15) is 0 Å². The Morgan fingerprint density at radius 2 is 2.00 bits per heavy atom. The fourth-order valence-electron chi connectivity index (χ4n) is 2.62. The Bertz CT molecular complexity index is 249. The predicted octanol–water partition coefficient (Wildman–Crippen LogP) is 1.89. The summed E-state index contributed by atoms with van der Waals surface area (Å²) in [5, 5.41) is 0.256. The van der Waals surface area contributed by atoms with Gasteiger partial charge in [-0.05, 0) is 44.3 Å². The number of likely N-dealkylation sites (tertiary alicyclic amines) is 1. The fraction of sp³-hybridized carbons (Fsp3) is 0.917. The molecule has 0 radical (unpaired) electrons. The van der Waals surface area contributed by atoms with E-state index in [0.29, 0.717) is 11.8 Å². The SMILES string of the molecule is CC(N)C1CCN(C(=O)C2CCCS2)CC1.Cl. The summed E-state index contributed by atoms with van der Waals surface area (Å²) in [6.45, 7) is 3.92. The Morgan fingerprint density at radius 3 is 2.47 bits per heavy atom. The zero-order valence-electron chi connectivity index (χ0n) is 10.4. The minimum absolute atomic E-state index is 0. The molecule has 2 unspecified atom stereocenters. The van der Waals surface area contributed by atoms with E-state index in [4.69, 9.17) is 5.73 Å². The summed E-state index contributed by atoms with van der Waals surface area (Å²) in [5.41, 5.74) is 5.90. The van der Waals surface area contributed by atoms with Crippen molar-refractivity contribution in [3.8, 4) is 0 Å². The van der Waals surface area contributed by atoms with E-state index in [-0.39, 0.29) is 23.7 Å². The minimum Gasteiger partial charge on any atom is -0.342 e. The maximum absolute atomic E-state index is 12.2. The number of carbonyl (C=O) groups excluding carboxylic acids is 1. The molecule has 2 aliphatic rings. The van der Waals surface area contributed by atoms with Crippen molar-refractivity contribution < 1.29 is 4.79 Å². The maximum Gasteiger partial charge on any atom is 0.235 e. The molecule has 2 N–H and O–H groups in total. The Balaban J connectivity index is 0.00000144. The number of hydrogen-bond donors (Lipinski definition) is 1. The standard InChI is InChI=1S/C12H22N2OS.ClH/c1-9(13)10-4-6-14(7-5-10)12(15)11-3-2-8-16-11;/h9-11H,2-8,13H2,1H3;1H. The van der Waals surface area contributed by atoms with E-state index in [1.165, 1.54) is 6.42 Å². The summed E-state index contributed by atoms with van der Waals surface area (Å²) in [6, 6.07) is 0.276. The number of nitrogens with zero attached hydrogens (tertiary/aromatic N) is 1. The van der Waals surface area contributed by atoms with Crippen LogP contribution in [-0.2, 0) is 4.79 Å². The molecule has 0 spiro atoms. The van der Waals surface area contributed by atoms with Crippen molar-refractivity contribution >= 4 is 30.1 Å². The van der Waals surface area contributed by atoms with Crippen molar-refractivity contribution in [2.24, 2.45) is 11.7 Å². The number of piperidine rings is 1. The van der Waals surface area contributed by atoms with Gasteiger partial charge in [0, 0.05) is 19.1 Å². The average Bonchev–Trinajstić information content (AvgIpc) is 2.81. The highest BCUT2D eigenvalue weighted by Crippen LogP contribution is 2.29. The number of rotatable bonds is 2. The molecular weight excluding hydrogens is 256 g/mol. The lowest BCUT2D eigenvalue weighted by Gasteiger charge is -2.34. The summed E-state index contributed by atoms with van der Waals surface area (Å²) in [6.07, 6.45) is 4.45. The lowest BCUT2D eigenvalue weighted by atomic mass is 9.91. The van der Waals surface area contributed by atoms with Crippen LogP contribution in [0.5, 0.6) is 0 Å². The van der Waals surface area contributed by atoms with Gasteiger partial charge in [0.25, 0.3) is 0 Å². The van der Waals surface area contributed by atoms with Crippen molar-refractivity contribution in [1.82, 2.24) is 4.90 Å². The van der Waals surface area contributed by atoms with Gasteiger partial charge >= 0.3 is 0 Å². The van der Waals surface area contributed by atoms with Crippen LogP contribution in [0, 0.1) is 5.92 Å². The average molecular weight is 279 g/mol. The molecule has 100 valence electrons. The maximum atomic E-state index is 12.2. The quantitative estimate of drug-likeness (QED) is 0.839. The van der Waals surface area contributed by atoms with Crippen LogP contribution in [0.15, 0.2) is 0 Å². The number of amides is 1. The summed E-state index contributed by atoms with van der Waals surface area (Å²) in [5.74, 6) is 2.15. The van der Waals surface area contributed by atoms with Crippen molar-refractivity contribution in [3.63, 3.8) is 0 Å². The van der Waals surface area contributed by atoms with Crippen LogP contribution in [-0.4, -0.2) is 40.9 Å². The van der Waals surface area contributed by atoms with Gasteiger partial charge < -0.3 is 10.6 Å². The Kier molecular flexibility index (Phi) is 6.10. The summed E-state index contributed by atoms with van der Waals surface area (Å²) < 4.78 is 0. The molecule has 3 nitrogen and oxygen atoms in total. The van der Waals surface area contributed by atoms with Gasteiger partial charge in [0.2, 0.25) is 5.91 Å². The second-order valence-electron chi connectivity index (χ2n) is 5.02. The molecule has 0 bridgehead atoms. The second kappa shape index (κ2) is 6.86. The van der Waals surface area contributed by atoms with Gasteiger partial charge in [0.05, 0.1) is 5.25 Å². The first-order valence-corrected chi connectivity index (χ1v) is 7.39. The molecule has 0 aliphatic carbocycles. The third-order valence-electron chi connectivity index (χ3n) is 3.80. The van der Waals surface area contributed by atoms with Gasteiger partial charge in [-0.25, -0.2) is 0 Å². The van der Waals surface area contributed by atoms with Gasteiger partial charge in [-0.1, -0.05) is 0 Å². The molecule has 5 heteroatoms. The molecule has 2 heterocycles.